The van der Waals surface area contributed by atoms with E-state index in [2.05, 4.69) is 10.3 Å². The molecule has 1 rings (SSSR count). The number of likely N-dealkylation sites (tertiary alicyclic amines) is 1. The number of thioether (sulfide) groups is 1. The van der Waals surface area contributed by atoms with Crippen LogP contribution in [-0.2, 0) is 9.59 Å². The highest BCUT2D eigenvalue weighted by atomic mass is 32.2. The van der Waals surface area contributed by atoms with E-state index in [0.717, 1.165) is 12.3 Å². The summed E-state index contributed by atoms with van der Waals surface area (Å²) >= 11 is 1.66. The highest BCUT2D eigenvalue weighted by molar-refractivity contribution is 7.99. The van der Waals surface area contributed by atoms with Gasteiger partial charge in [0.1, 0.15) is 0 Å². The van der Waals surface area contributed by atoms with Crippen LogP contribution in [0.4, 0.5) is 0 Å². The molecule has 0 radical (unpaired) electrons. The van der Waals surface area contributed by atoms with Crippen molar-refractivity contribution in [1.29, 1.82) is 0 Å². The fourth-order valence-electron chi connectivity index (χ4n) is 2.01. The Morgan fingerprint density at radius 1 is 1.37 bits per heavy atom. The van der Waals surface area contributed by atoms with Crippen LogP contribution in [0.5, 0.6) is 0 Å². The Morgan fingerprint density at radius 2 is 2.00 bits per heavy atom. The fraction of sp³-hybridized carbons (Fsp3) is 0.833. The van der Waals surface area contributed by atoms with Gasteiger partial charge >= 0.3 is 0 Å². The summed E-state index contributed by atoms with van der Waals surface area (Å²) in [6, 6.07) is 0. The molecule has 0 spiro atoms. The minimum absolute atomic E-state index is 0.0459. The second kappa shape index (κ2) is 8.39. The van der Waals surface area contributed by atoms with Gasteiger partial charge < -0.3 is 9.80 Å². The Kier molecular flexibility index (Phi) is 7.19. The van der Waals surface area contributed by atoms with E-state index in [-0.39, 0.29) is 17.7 Å². The first kappa shape index (κ1) is 16.3. The number of carbonyl (C=O) groups is 2. The molecule has 0 bridgehead atoms. The molecule has 1 heterocycles. The molecule has 6 nitrogen and oxygen atoms in total. The molecule has 0 atom stereocenters. The lowest BCUT2D eigenvalue weighted by molar-refractivity contribution is -0.133. The average molecular weight is 288 g/mol. The fourth-order valence-corrected chi connectivity index (χ4v) is 3.00. The number of nitrogens with one attached hydrogen (secondary N) is 1. The van der Waals surface area contributed by atoms with Crippen molar-refractivity contribution in [3.8, 4) is 0 Å². The van der Waals surface area contributed by atoms with Crippen molar-refractivity contribution in [3.63, 3.8) is 0 Å². The third kappa shape index (κ3) is 5.80. The van der Waals surface area contributed by atoms with E-state index >= 15 is 0 Å². The Balaban J connectivity index is 2.20. The monoisotopic (exact) mass is 288 g/mol. The molecular weight excluding hydrogens is 264 g/mol. The van der Waals surface area contributed by atoms with Crippen molar-refractivity contribution in [2.45, 2.75) is 12.8 Å². The minimum Gasteiger partial charge on any atom is -0.342 e. The first-order chi connectivity index (χ1) is 9.04. The van der Waals surface area contributed by atoms with E-state index in [1.165, 1.54) is 0 Å². The first-order valence-electron chi connectivity index (χ1n) is 6.55. The first-order valence-corrected chi connectivity index (χ1v) is 7.70. The Labute approximate surface area is 119 Å². The summed E-state index contributed by atoms with van der Waals surface area (Å²) in [6.45, 7) is 2.30. The number of hydrogen-bond donors (Lipinski definition) is 2. The lowest BCUT2D eigenvalue weighted by atomic mass is 9.96. The van der Waals surface area contributed by atoms with E-state index in [1.54, 1.807) is 11.8 Å². The number of rotatable bonds is 6. The molecule has 110 valence electrons. The maximum absolute atomic E-state index is 12.0. The van der Waals surface area contributed by atoms with Crippen molar-refractivity contribution in [2.24, 2.45) is 11.8 Å². The molecule has 0 aromatic carbocycles. The smallest absolute Gasteiger partial charge is 0.237 e. The van der Waals surface area contributed by atoms with Crippen LogP contribution in [0.2, 0.25) is 0 Å². The zero-order valence-electron chi connectivity index (χ0n) is 11.7. The number of nitrogens with zero attached hydrogens (tertiary/aromatic N) is 2. The van der Waals surface area contributed by atoms with Crippen LogP contribution in [-0.4, -0.2) is 66.8 Å². The molecule has 3 N–H and O–H groups in total. The summed E-state index contributed by atoms with van der Waals surface area (Å²) in [5, 5.41) is 0. The zero-order chi connectivity index (χ0) is 14.3. The molecule has 0 saturated carbocycles. The van der Waals surface area contributed by atoms with Crippen LogP contribution in [0, 0.1) is 5.92 Å². The molecule has 19 heavy (non-hydrogen) atoms. The van der Waals surface area contributed by atoms with Crippen LogP contribution in [0.3, 0.4) is 0 Å². The van der Waals surface area contributed by atoms with Gasteiger partial charge in [0.25, 0.3) is 0 Å². The van der Waals surface area contributed by atoms with Gasteiger partial charge in [-0.25, -0.2) is 5.84 Å². The second-order valence-corrected chi connectivity index (χ2v) is 6.12. The molecule has 1 aliphatic rings. The summed E-state index contributed by atoms with van der Waals surface area (Å²) in [5.74, 6) is 6.62. The van der Waals surface area contributed by atoms with E-state index in [0.29, 0.717) is 31.7 Å². The highest BCUT2D eigenvalue weighted by Crippen LogP contribution is 2.18. The quantitative estimate of drug-likeness (QED) is 0.298. The maximum atomic E-state index is 12.0. The molecular formula is C12H24N4O2S. The number of piperidine rings is 1. The SMILES string of the molecule is CN(C)CCSCC(=O)N1CCC(C(=O)NN)CC1. The van der Waals surface area contributed by atoms with Gasteiger partial charge in [-0.2, -0.15) is 11.8 Å². The molecule has 1 aliphatic heterocycles. The third-order valence-corrected chi connectivity index (χ3v) is 4.19. The molecule has 1 saturated heterocycles. The molecule has 1 fully saturated rings. The van der Waals surface area contributed by atoms with Gasteiger partial charge in [-0.1, -0.05) is 0 Å². The Morgan fingerprint density at radius 3 is 2.53 bits per heavy atom. The summed E-state index contributed by atoms with van der Waals surface area (Å²) in [5.41, 5.74) is 2.18. The molecule has 0 aromatic heterocycles. The number of hydrogen-bond acceptors (Lipinski definition) is 5. The molecule has 0 unspecified atom stereocenters. The highest BCUT2D eigenvalue weighted by Gasteiger charge is 2.26. The standard InChI is InChI=1S/C12H24N4O2S/c1-15(2)7-8-19-9-11(17)16-5-3-10(4-6-16)12(18)14-13/h10H,3-9,13H2,1-2H3,(H,14,18). The lowest BCUT2D eigenvalue weighted by Crippen LogP contribution is -2.45. The van der Waals surface area contributed by atoms with Gasteiger partial charge in [0, 0.05) is 31.3 Å². The van der Waals surface area contributed by atoms with Crippen molar-refractivity contribution in [1.82, 2.24) is 15.2 Å². The number of amides is 2. The van der Waals surface area contributed by atoms with E-state index in [4.69, 9.17) is 5.84 Å². The zero-order valence-corrected chi connectivity index (χ0v) is 12.5. The van der Waals surface area contributed by atoms with Crippen LogP contribution in [0.15, 0.2) is 0 Å². The largest absolute Gasteiger partial charge is 0.342 e. The molecule has 2 amide bonds. The van der Waals surface area contributed by atoms with Crippen molar-refractivity contribution >= 4 is 23.6 Å². The van der Waals surface area contributed by atoms with Gasteiger partial charge in [0.05, 0.1) is 5.75 Å². The number of nitrogens with two attached hydrogens (primary N) is 1. The van der Waals surface area contributed by atoms with Gasteiger partial charge in [-0.3, -0.25) is 15.0 Å². The minimum atomic E-state index is -0.118. The van der Waals surface area contributed by atoms with E-state index in [1.807, 2.05) is 19.0 Å². The Bertz CT molecular complexity index is 304. The predicted molar refractivity (Wildman–Crippen MR) is 77.5 cm³/mol. The number of carbonyl (C=O) groups excluding carboxylic acids is 2. The molecule has 0 aromatic rings. The lowest BCUT2D eigenvalue weighted by Gasteiger charge is -2.31. The maximum Gasteiger partial charge on any atom is 0.237 e. The summed E-state index contributed by atoms with van der Waals surface area (Å²) in [6.07, 6.45) is 1.41. The average Bonchev–Trinajstić information content (AvgIpc) is 2.42. The normalized spacial score (nSPS) is 16.7. The summed E-state index contributed by atoms with van der Waals surface area (Å²) in [4.78, 5) is 27.3. The second-order valence-electron chi connectivity index (χ2n) is 5.02. The van der Waals surface area contributed by atoms with Gasteiger partial charge in [0.15, 0.2) is 0 Å². The van der Waals surface area contributed by atoms with Crippen LogP contribution >= 0.6 is 11.8 Å². The summed E-state index contributed by atoms with van der Waals surface area (Å²) in [7, 11) is 4.05. The van der Waals surface area contributed by atoms with E-state index < -0.39 is 0 Å². The molecule has 0 aliphatic carbocycles. The van der Waals surface area contributed by atoms with Crippen LogP contribution < -0.4 is 11.3 Å². The van der Waals surface area contributed by atoms with Gasteiger partial charge in [0.2, 0.25) is 11.8 Å². The van der Waals surface area contributed by atoms with Crippen LogP contribution in [0.25, 0.3) is 0 Å². The van der Waals surface area contributed by atoms with Crippen molar-refractivity contribution in [2.75, 3.05) is 45.2 Å². The van der Waals surface area contributed by atoms with Gasteiger partial charge in [-0.05, 0) is 26.9 Å². The van der Waals surface area contributed by atoms with Crippen molar-refractivity contribution < 1.29 is 9.59 Å². The predicted octanol–water partition coefficient (Wildman–Crippen LogP) is -0.490. The van der Waals surface area contributed by atoms with Crippen LogP contribution in [0.1, 0.15) is 12.8 Å². The molecule has 7 heteroatoms. The van der Waals surface area contributed by atoms with E-state index in [9.17, 15) is 9.59 Å². The van der Waals surface area contributed by atoms with Gasteiger partial charge in [-0.15, -0.1) is 0 Å². The third-order valence-electron chi connectivity index (χ3n) is 3.27. The Hall–Kier alpha value is -0.790. The number of hydrazine groups is 1. The summed E-state index contributed by atoms with van der Waals surface area (Å²) < 4.78 is 0. The topological polar surface area (TPSA) is 78.7 Å². The van der Waals surface area contributed by atoms with Crippen molar-refractivity contribution in [3.05, 3.63) is 0 Å².